The van der Waals surface area contributed by atoms with E-state index in [0.717, 1.165) is 29.7 Å². The number of nitrogens with zero attached hydrogens (tertiary/aromatic N) is 3. The van der Waals surface area contributed by atoms with Gasteiger partial charge in [0, 0.05) is 25.3 Å². The van der Waals surface area contributed by atoms with Crippen molar-refractivity contribution in [3.05, 3.63) is 18.6 Å². The molecular weight excluding hydrogens is 333 g/mol. The number of rotatable bonds is 5. The smallest absolute Gasteiger partial charge is 0.214 e. The molecule has 0 spiro atoms. The van der Waals surface area contributed by atoms with E-state index < -0.39 is 21.4 Å². The molecule has 2 saturated carbocycles. The molecule has 2 N–H and O–H groups in total. The number of nitrogens with one attached hydrogen (secondary N) is 2. The van der Waals surface area contributed by atoms with Crippen LogP contribution in [0.25, 0.3) is 11.0 Å². The van der Waals surface area contributed by atoms with E-state index in [1.165, 1.54) is 6.33 Å². The van der Waals surface area contributed by atoms with Gasteiger partial charge in [-0.25, -0.2) is 27.5 Å². The lowest BCUT2D eigenvalue weighted by Gasteiger charge is -2.43. The number of hydrogen-bond acceptors (Lipinski definition) is 5. The Labute approximate surface area is 139 Å². The molecule has 2 heterocycles. The second-order valence-electron chi connectivity index (χ2n) is 6.72. The summed E-state index contributed by atoms with van der Waals surface area (Å²) in [4.78, 5) is 13.7. The Bertz CT molecular complexity index is 842. The lowest BCUT2D eigenvalue weighted by Crippen LogP contribution is -2.56. The predicted octanol–water partition coefficient (Wildman–Crippen LogP) is 1.34. The maximum Gasteiger partial charge on any atom is 0.214 e. The molecule has 2 aliphatic carbocycles. The quantitative estimate of drug-likeness (QED) is 0.847. The van der Waals surface area contributed by atoms with Gasteiger partial charge >= 0.3 is 0 Å². The van der Waals surface area contributed by atoms with Crippen molar-refractivity contribution in [1.82, 2.24) is 19.7 Å². The summed E-state index contributed by atoms with van der Waals surface area (Å²) in [6, 6.07) is 2.08. The average Bonchev–Trinajstić information content (AvgIpc) is 2.95. The van der Waals surface area contributed by atoms with Gasteiger partial charge in [-0.05, 0) is 31.7 Å². The predicted molar refractivity (Wildman–Crippen MR) is 89.1 cm³/mol. The van der Waals surface area contributed by atoms with Crippen molar-refractivity contribution < 1.29 is 12.8 Å². The third-order valence-electron chi connectivity index (χ3n) is 5.13. The summed E-state index contributed by atoms with van der Waals surface area (Å²) in [7, 11) is -1.43. The molecule has 0 atom stereocenters. The van der Waals surface area contributed by atoms with Crippen LogP contribution < -0.4 is 9.62 Å². The molecule has 0 saturated heterocycles. The first-order chi connectivity index (χ1) is 11.4. The van der Waals surface area contributed by atoms with Crippen LogP contribution >= 0.6 is 0 Å². The fourth-order valence-electron chi connectivity index (χ4n) is 3.40. The minimum atomic E-state index is -3.40. The van der Waals surface area contributed by atoms with Crippen molar-refractivity contribution in [3.63, 3.8) is 0 Å². The van der Waals surface area contributed by atoms with Crippen LogP contribution in [-0.2, 0) is 10.0 Å². The van der Waals surface area contributed by atoms with Crippen LogP contribution in [-0.4, -0.2) is 53.9 Å². The van der Waals surface area contributed by atoms with Gasteiger partial charge in [0.1, 0.15) is 24.0 Å². The SMILES string of the molecule is CN(c1ncnc2[nH]ccc12)C1CC(NS(=O)(=O)C2CC(F)C2)C1. The van der Waals surface area contributed by atoms with Gasteiger partial charge in [0.25, 0.3) is 0 Å². The van der Waals surface area contributed by atoms with E-state index in [9.17, 15) is 12.8 Å². The standard InChI is InChI=1S/C15H20FN5O2S/c1-21(15-13-2-3-17-14(13)18-8-19-15)11-6-10(7-11)20-24(22,23)12-4-9(16)5-12/h2-3,8-12,20H,4-7H2,1H3,(H,17,18,19). The van der Waals surface area contributed by atoms with Crippen molar-refractivity contribution in [2.75, 3.05) is 11.9 Å². The molecule has 0 aliphatic heterocycles. The normalized spacial score (nSPS) is 29.9. The molecular formula is C15H20FN5O2S. The van der Waals surface area contributed by atoms with Crippen molar-refractivity contribution >= 4 is 26.9 Å². The lowest BCUT2D eigenvalue weighted by atomic mass is 9.86. The van der Waals surface area contributed by atoms with Crippen LogP contribution in [0, 0.1) is 0 Å². The van der Waals surface area contributed by atoms with E-state index in [0.29, 0.717) is 0 Å². The lowest BCUT2D eigenvalue weighted by molar-refractivity contribution is 0.211. The average molecular weight is 353 g/mol. The van der Waals surface area contributed by atoms with E-state index in [2.05, 4.69) is 24.6 Å². The summed E-state index contributed by atoms with van der Waals surface area (Å²) in [5.74, 6) is 0.840. The highest BCUT2D eigenvalue weighted by molar-refractivity contribution is 7.90. The van der Waals surface area contributed by atoms with E-state index in [1.54, 1.807) is 0 Å². The van der Waals surface area contributed by atoms with Crippen molar-refractivity contribution in [2.45, 2.75) is 49.2 Å². The van der Waals surface area contributed by atoms with Crippen LogP contribution in [0.1, 0.15) is 25.7 Å². The topological polar surface area (TPSA) is 91.0 Å². The van der Waals surface area contributed by atoms with E-state index >= 15 is 0 Å². The minimum Gasteiger partial charge on any atom is -0.356 e. The number of aromatic amines is 1. The summed E-state index contributed by atoms with van der Waals surface area (Å²) in [6.07, 6.45) is 4.07. The molecule has 2 aromatic heterocycles. The molecule has 4 rings (SSSR count). The van der Waals surface area contributed by atoms with E-state index in [1.807, 2.05) is 19.3 Å². The van der Waals surface area contributed by atoms with Gasteiger partial charge in [-0.3, -0.25) is 0 Å². The molecule has 7 nitrogen and oxygen atoms in total. The maximum absolute atomic E-state index is 12.9. The van der Waals surface area contributed by atoms with E-state index in [4.69, 9.17) is 0 Å². The molecule has 0 amide bonds. The zero-order valence-corrected chi connectivity index (χ0v) is 14.1. The first-order valence-electron chi connectivity index (χ1n) is 8.10. The zero-order chi connectivity index (χ0) is 16.9. The molecule has 9 heteroatoms. The van der Waals surface area contributed by atoms with Crippen LogP contribution in [0.4, 0.5) is 10.2 Å². The second-order valence-corrected chi connectivity index (χ2v) is 8.72. The van der Waals surface area contributed by atoms with Crippen LogP contribution in [0.3, 0.4) is 0 Å². The Hall–Kier alpha value is -1.74. The van der Waals surface area contributed by atoms with Gasteiger partial charge in [-0.15, -0.1) is 0 Å². The number of aromatic nitrogens is 3. The fourth-order valence-corrected chi connectivity index (χ4v) is 5.17. The molecule has 2 aromatic rings. The monoisotopic (exact) mass is 353 g/mol. The van der Waals surface area contributed by atoms with E-state index in [-0.39, 0.29) is 24.9 Å². The summed E-state index contributed by atoms with van der Waals surface area (Å²) in [5, 5.41) is 0.387. The molecule has 130 valence electrons. The molecule has 0 radical (unpaired) electrons. The zero-order valence-electron chi connectivity index (χ0n) is 13.3. The van der Waals surface area contributed by atoms with Crippen LogP contribution in [0.15, 0.2) is 18.6 Å². The summed E-state index contributed by atoms with van der Waals surface area (Å²) in [5.41, 5.74) is 0.786. The van der Waals surface area contributed by atoms with Crippen molar-refractivity contribution in [3.8, 4) is 0 Å². The highest BCUT2D eigenvalue weighted by Gasteiger charge is 2.42. The number of hydrogen-bond donors (Lipinski definition) is 2. The molecule has 24 heavy (non-hydrogen) atoms. The number of H-pyrrole nitrogens is 1. The van der Waals surface area contributed by atoms with Crippen molar-refractivity contribution in [1.29, 1.82) is 0 Å². The molecule has 0 bridgehead atoms. The Morgan fingerprint density at radius 3 is 2.75 bits per heavy atom. The highest BCUT2D eigenvalue weighted by Crippen LogP contribution is 2.34. The van der Waals surface area contributed by atoms with Gasteiger partial charge in [0.05, 0.1) is 10.6 Å². The number of fused-ring (bicyclic) bond motifs is 1. The van der Waals surface area contributed by atoms with Crippen molar-refractivity contribution in [2.24, 2.45) is 0 Å². The highest BCUT2D eigenvalue weighted by atomic mass is 32.2. The maximum atomic E-state index is 12.9. The van der Waals surface area contributed by atoms with Crippen LogP contribution in [0.2, 0.25) is 0 Å². The van der Waals surface area contributed by atoms with Gasteiger partial charge in [-0.1, -0.05) is 0 Å². The largest absolute Gasteiger partial charge is 0.356 e. The fraction of sp³-hybridized carbons (Fsp3) is 0.600. The van der Waals surface area contributed by atoms with Gasteiger partial charge in [0.2, 0.25) is 10.0 Å². The Morgan fingerprint density at radius 1 is 1.29 bits per heavy atom. The number of anilines is 1. The second kappa shape index (κ2) is 5.66. The van der Waals surface area contributed by atoms with Gasteiger partial charge in [0.15, 0.2) is 0 Å². The molecule has 0 unspecified atom stereocenters. The Balaban J connectivity index is 1.38. The number of sulfonamides is 1. The third kappa shape index (κ3) is 2.65. The number of alkyl halides is 1. The van der Waals surface area contributed by atoms with Crippen LogP contribution in [0.5, 0.6) is 0 Å². The minimum absolute atomic E-state index is 0.0790. The molecule has 2 aliphatic rings. The Kier molecular flexibility index (Phi) is 3.72. The Morgan fingerprint density at radius 2 is 2.04 bits per heavy atom. The summed E-state index contributed by atoms with van der Waals surface area (Å²) in [6.45, 7) is 0. The van der Waals surface area contributed by atoms with Gasteiger partial charge < -0.3 is 9.88 Å². The van der Waals surface area contributed by atoms with Gasteiger partial charge in [-0.2, -0.15) is 0 Å². The molecule has 2 fully saturated rings. The first kappa shape index (κ1) is 15.8. The third-order valence-corrected chi connectivity index (χ3v) is 7.06. The molecule has 0 aromatic carbocycles. The summed E-state index contributed by atoms with van der Waals surface area (Å²) >= 11 is 0. The number of halogens is 1. The summed E-state index contributed by atoms with van der Waals surface area (Å²) < 4.78 is 39.9. The first-order valence-corrected chi connectivity index (χ1v) is 9.65.